The molecule has 51 heavy (non-hydrogen) atoms. The Morgan fingerprint density at radius 3 is 1.59 bits per heavy atom. The zero-order chi connectivity index (χ0) is 33.7. The largest absolute Gasteiger partial charge is 0.208 e. The highest BCUT2D eigenvalue weighted by Crippen LogP contribution is 2.40. The summed E-state index contributed by atoms with van der Waals surface area (Å²) in [5, 5.41) is 7.15. The van der Waals surface area contributed by atoms with Gasteiger partial charge in [0.2, 0.25) is 0 Å². The maximum atomic E-state index is 5.26. The number of hydrogen-bond donors (Lipinski definition) is 0. The first-order valence-electron chi connectivity index (χ1n) is 17.1. The zero-order valence-corrected chi connectivity index (χ0v) is 28.3. The summed E-state index contributed by atoms with van der Waals surface area (Å²) in [5.74, 6) is 1.98. The molecule has 0 saturated carbocycles. The van der Waals surface area contributed by atoms with Gasteiger partial charge in [-0.25, -0.2) is 15.0 Å². The minimum Gasteiger partial charge on any atom is -0.208 e. The number of fused-ring (bicyclic) bond motifs is 6. The average Bonchev–Trinajstić information content (AvgIpc) is 3.60. The van der Waals surface area contributed by atoms with E-state index in [4.69, 9.17) is 15.0 Å². The van der Waals surface area contributed by atoms with E-state index in [9.17, 15) is 0 Å². The molecule has 10 aromatic rings. The van der Waals surface area contributed by atoms with Crippen LogP contribution in [-0.4, -0.2) is 15.0 Å². The van der Waals surface area contributed by atoms with Crippen LogP contribution >= 0.6 is 11.3 Å². The van der Waals surface area contributed by atoms with Crippen molar-refractivity contribution in [2.45, 2.75) is 0 Å². The summed E-state index contributed by atoms with van der Waals surface area (Å²) >= 11 is 1.79. The second kappa shape index (κ2) is 12.1. The van der Waals surface area contributed by atoms with Gasteiger partial charge in [0.15, 0.2) is 17.5 Å². The van der Waals surface area contributed by atoms with E-state index in [2.05, 4.69) is 170 Å². The van der Waals surface area contributed by atoms with E-state index in [0.717, 1.165) is 38.6 Å². The van der Waals surface area contributed by atoms with E-state index in [1.807, 2.05) is 6.07 Å². The predicted octanol–water partition coefficient (Wildman–Crippen LogP) is 12.9. The molecule has 0 atom stereocenters. The van der Waals surface area contributed by atoms with Gasteiger partial charge >= 0.3 is 0 Å². The Labute approximate surface area is 299 Å². The summed E-state index contributed by atoms with van der Waals surface area (Å²) in [7, 11) is 0. The molecule has 0 N–H and O–H groups in total. The summed E-state index contributed by atoms with van der Waals surface area (Å²) in [5.41, 5.74) is 7.67. The number of nitrogens with zero attached hydrogens (tertiary/aromatic N) is 3. The molecule has 2 heterocycles. The van der Waals surface area contributed by atoms with E-state index >= 15 is 0 Å². The van der Waals surface area contributed by atoms with E-state index < -0.39 is 0 Å². The monoisotopic (exact) mass is 667 g/mol. The smallest absolute Gasteiger partial charge is 0.165 e. The molecule has 0 radical (unpaired) electrons. The van der Waals surface area contributed by atoms with E-state index in [1.54, 1.807) is 11.3 Å². The number of benzene rings is 8. The van der Waals surface area contributed by atoms with Gasteiger partial charge in [-0.05, 0) is 50.5 Å². The van der Waals surface area contributed by atoms with Gasteiger partial charge in [-0.2, -0.15) is 0 Å². The number of aromatic nitrogens is 3. The zero-order valence-electron chi connectivity index (χ0n) is 27.5. The highest BCUT2D eigenvalue weighted by Gasteiger charge is 2.18. The lowest BCUT2D eigenvalue weighted by atomic mass is 9.97. The molecule has 4 heteroatoms. The lowest BCUT2D eigenvalue weighted by Gasteiger charge is -2.12. The van der Waals surface area contributed by atoms with Gasteiger partial charge in [-0.1, -0.05) is 164 Å². The molecule has 0 fully saturated rings. The van der Waals surface area contributed by atoms with E-state index in [1.165, 1.54) is 42.1 Å². The lowest BCUT2D eigenvalue weighted by Crippen LogP contribution is -2.01. The van der Waals surface area contributed by atoms with Gasteiger partial charge in [0.05, 0.1) is 0 Å². The first-order valence-corrected chi connectivity index (χ1v) is 17.9. The van der Waals surface area contributed by atoms with Crippen LogP contribution in [0, 0.1) is 0 Å². The van der Waals surface area contributed by atoms with E-state index in [0.29, 0.717) is 17.5 Å². The van der Waals surface area contributed by atoms with Crippen molar-refractivity contribution >= 4 is 53.1 Å². The maximum absolute atomic E-state index is 5.26. The van der Waals surface area contributed by atoms with Crippen LogP contribution in [0.25, 0.3) is 98.1 Å². The summed E-state index contributed by atoms with van der Waals surface area (Å²) in [4.78, 5) is 15.7. The molecule has 0 aliphatic rings. The van der Waals surface area contributed by atoms with Gasteiger partial charge < -0.3 is 0 Å². The Kier molecular flexibility index (Phi) is 7.00. The second-order valence-corrected chi connectivity index (χ2v) is 13.9. The van der Waals surface area contributed by atoms with Gasteiger partial charge in [0.1, 0.15) is 0 Å². The Hall–Kier alpha value is -6.49. The molecule has 0 aliphatic carbocycles. The topological polar surface area (TPSA) is 38.7 Å². The van der Waals surface area contributed by atoms with Crippen molar-refractivity contribution in [1.82, 2.24) is 15.0 Å². The van der Waals surface area contributed by atoms with Crippen molar-refractivity contribution in [3.8, 4) is 56.4 Å². The maximum Gasteiger partial charge on any atom is 0.165 e. The molecule has 10 rings (SSSR count). The van der Waals surface area contributed by atoms with Gasteiger partial charge in [0, 0.05) is 42.2 Å². The van der Waals surface area contributed by atoms with Crippen molar-refractivity contribution in [2.75, 3.05) is 0 Å². The summed E-state index contributed by atoms with van der Waals surface area (Å²) < 4.78 is 2.43. The minimum atomic E-state index is 0.649. The molecule has 0 saturated heterocycles. The summed E-state index contributed by atoms with van der Waals surface area (Å²) in [6, 6.07) is 62.1. The Morgan fingerprint density at radius 2 is 0.824 bits per heavy atom. The first-order chi connectivity index (χ1) is 25.3. The molecule has 0 unspecified atom stereocenters. The fourth-order valence-corrected chi connectivity index (χ4v) is 8.42. The van der Waals surface area contributed by atoms with Gasteiger partial charge in [-0.3, -0.25) is 0 Å². The molecule has 8 aromatic carbocycles. The van der Waals surface area contributed by atoms with Crippen LogP contribution in [0.5, 0.6) is 0 Å². The minimum absolute atomic E-state index is 0.649. The molecular weight excluding hydrogens is 639 g/mol. The van der Waals surface area contributed by atoms with Crippen molar-refractivity contribution < 1.29 is 0 Å². The molecule has 0 bridgehead atoms. The fraction of sp³-hybridized carbons (Fsp3) is 0. The van der Waals surface area contributed by atoms with Crippen molar-refractivity contribution in [2.24, 2.45) is 0 Å². The third-order valence-electron chi connectivity index (χ3n) is 9.76. The Morgan fingerprint density at radius 1 is 0.314 bits per heavy atom. The van der Waals surface area contributed by atoms with Crippen LogP contribution in [0.4, 0.5) is 0 Å². The first kappa shape index (κ1) is 29.4. The second-order valence-electron chi connectivity index (χ2n) is 12.8. The molecule has 238 valence electrons. The molecule has 0 spiro atoms. The number of rotatable bonds is 5. The molecular formula is C47H29N3S. The molecule has 0 aliphatic heterocycles. The number of thiophene rings is 1. The van der Waals surface area contributed by atoms with Crippen molar-refractivity contribution in [1.29, 1.82) is 0 Å². The summed E-state index contributed by atoms with van der Waals surface area (Å²) in [6.07, 6.45) is 0. The van der Waals surface area contributed by atoms with Crippen LogP contribution < -0.4 is 0 Å². The predicted molar refractivity (Wildman–Crippen MR) is 215 cm³/mol. The normalized spacial score (nSPS) is 11.5. The average molecular weight is 668 g/mol. The highest BCUT2D eigenvalue weighted by molar-refractivity contribution is 7.26. The van der Waals surface area contributed by atoms with Crippen LogP contribution in [0.1, 0.15) is 0 Å². The van der Waals surface area contributed by atoms with Crippen LogP contribution in [0.3, 0.4) is 0 Å². The number of hydrogen-bond acceptors (Lipinski definition) is 4. The SMILES string of the molecule is c1ccc(-c2ccc(-c3ccc(-c4nc(-c5cccc6c5sc5ccccc56)nc(-c5cccc6ccc7ccccc7c56)n4)cc3)cc2)cc1. The van der Waals surface area contributed by atoms with Crippen LogP contribution in [0.2, 0.25) is 0 Å². The molecule has 3 nitrogen and oxygen atoms in total. The van der Waals surface area contributed by atoms with E-state index in [-0.39, 0.29) is 0 Å². The van der Waals surface area contributed by atoms with Gasteiger partial charge in [0.25, 0.3) is 0 Å². The van der Waals surface area contributed by atoms with Crippen LogP contribution in [0.15, 0.2) is 176 Å². The third kappa shape index (κ3) is 5.16. The summed E-state index contributed by atoms with van der Waals surface area (Å²) in [6.45, 7) is 0. The molecule has 0 amide bonds. The third-order valence-corrected chi connectivity index (χ3v) is 11.0. The standard InChI is InChI=1S/C47H29N3S/c1-2-10-30(11-3-1)31-20-22-32(23-21-31)33-24-28-36(29-25-33)45-48-46(40-17-8-13-35-27-26-34-12-4-5-14-37(34)43(35)40)50-47(49-45)41-18-9-16-39-38-15-6-7-19-42(38)51-44(39)41/h1-29H. The van der Waals surface area contributed by atoms with Crippen molar-refractivity contribution in [3.63, 3.8) is 0 Å². The van der Waals surface area contributed by atoms with Gasteiger partial charge in [-0.15, -0.1) is 11.3 Å². The lowest BCUT2D eigenvalue weighted by molar-refractivity contribution is 1.08. The Balaban J connectivity index is 1.14. The highest BCUT2D eigenvalue weighted by atomic mass is 32.1. The Bertz CT molecular complexity index is 2890. The van der Waals surface area contributed by atoms with Crippen LogP contribution in [-0.2, 0) is 0 Å². The quantitative estimate of drug-likeness (QED) is 0.171. The fourth-order valence-electron chi connectivity index (χ4n) is 7.21. The molecule has 2 aromatic heterocycles. The van der Waals surface area contributed by atoms with Crippen molar-refractivity contribution in [3.05, 3.63) is 176 Å².